The van der Waals surface area contributed by atoms with Gasteiger partial charge in [-0.1, -0.05) is 25.2 Å². The minimum absolute atomic E-state index is 0.539. The maximum atomic E-state index is 5.48. The summed E-state index contributed by atoms with van der Waals surface area (Å²) in [6, 6.07) is 0.697. The van der Waals surface area contributed by atoms with E-state index in [2.05, 4.69) is 29.4 Å². The third-order valence-electron chi connectivity index (χ3n) is 2.47. The molecule has 18 heavy (non-hydrogen) atoms. The van der Waals surface area contributed by atoms with Gasteiger partial charge in [0.15, 0.2) is 0 Å². The van der Waals surface area contributed by atoms with Crippen LogP contribution in [0.3, 0.4) is 0 Å². The minimum atomic E-state index is 0.539. The number of ether oxygens (including phenoxy) is 2. The second-order valence-electron chi connectivity index (χ2n) is 4.93. The normalized spacial score (nSPS) is 15.3. The molecule has 1 N–H and O–H groups in total. The van der Waals surface area contributed by atoms with E-state index in [4.69, 9.17) is 9.47 Å². The van der Waals surface area contributed by atoms with Gasteiger partial charge in [0.25, 0.3) is 5.19 Å². The zero-order chi connectivity index (χ0) is 12.8. The van der Waals surface area contributed by atoms with Gasteiger partial charge in [-0.25, -0.2) is 0 Å². The highest BCUT2D eigenvalue weighted by Crippen LogP contribution is 2.21. The highest BCUT2D eigenvalue weighted by Gasteiger charge is 2.20. The fourth-order valence-corrected chi connectivity index (χ4v) is 2.06. The van der Waals surface area contributed by atoms with Gasteiger partial charge < -0.3 is 14.8 Å². The predicted octanol–water partition coefficient (Wildman–Crippen LogP) is 1.84. The second-order valence-corrected chi connectivity index (χ2v) is 5.96. The van der Waals surface area contributed by atoms with Crippen molar-refractivity contribution in [3.63, 3.8) is 0 Å². The molecule has 1 saturated carbocycles. The van der Waals surface area contributed by atoms with Crippen molar-refractivity contribution in [2.24, 2.45) is 5.92 Å². The molecular weight excluding hydrogens is 250 g/mol. The van der Waals surface area contributed by atoms with Crippen LogP contribution in [0.15, 0.2) is 0 Å². The number of hydrogen-bond donors (Lipinski definition) is 1. The molecule has 1 heterocycles. The molecule has 1 aromatic rings. The molecule has 0 bridgehead atoms. The molecule has 1 aliphatic rings. The molecule has 1 aromatic heterocycles. The summed E-state index contributed by atoms with van der Waals surface area (Å²) in [4.78, 5) is 0. The Kier molecular flexibility index (Phi) is 5.34. The van der Waals surface area contributed by atoms with E-state index in [0.717, 1.165) is 18.2 Å². The lowest BCUT2D eigenvalue weighted by Gasteiger charge is -2.06. The molecule has 2 rings (SSSR count). The quantitative estimate of drug-likeness (QED) is 0.695. The molecule has 0 amide bonds. The average Bonchev–Trinajstić information content (AvgIpc) is 3.06. The summed E-state index contributed by atoms with van der Waals surface area (Å²) in [6.45, 7) is 6.98. The van der Waals surface area contributed by atoms with E-state index in [1.54, 1.807) is 0 Å². The van der Waals surface area contributed by atoms with Crippen molar-refractivity contribution in [1.82, 2.24) is 15.5 Å². The van der Waals surface area contributed by atoms with Crippen LogP contribution in [0.4, 0.5) is 0 Å². The first-order chi connectivity index (χ1) is 8.74. The molecule has 0 radical (unpaired) electrons. The topological polar surface area (TPSA) is 56.3 Å². The van der Waals surface area contributed by atoms with Crippen molar-refractivity contribution in [3.8, 4) is 5.19 Å². The summed E-state index contributed by atoms with van der Waals surface area (Å²) in [5.74, 6) is 0.562. The first-order valence-corrected chi connectivity index (χ1v) is 7.32. The number of aromatic nitrogens is 2. The van der Waals surface area contributed by atoms with E-state index >= 15 is 0 Å². The summed E-state index contributed by atoms with van der Waals surface area (Å²) in [7, 11) is 0. The van der Waals surface area contributed by atoms with Crippen LogP contribution in [-0.4, -0.2) is 36.1 Å². The van der Waals surface area contributed by atoms with E-state index < -0.39 is 0 Å². The molecule has 5 nitrogen and oxygen atoms in total. The monoisotopic (exact) mass is 271 g/mol. The van der Waals surface area contributed by atoms with Crippen molar-refractivity contribution in [2.45, 2.75) is 39.3 Å². The Morgan fingerprint density at radius 1 is 1.33 bits per heavy atom. The molecule has 0 unspecified atom stereocenters. The summed E-state index contributed by atoms with van der Waals surface area (Å²) < 4.78 is 10.9. The van der Waals surface area contributed by atoms with Crippen molar-refractivity contribution in [1.29, 1.82) is 0 Å². The van der Waals surface area contributed by atoms with Crippen LogP contribution < -0.4 is 10.1 Å². The predicted molar refractivity (Wildman–Crippen MR) is 70.9 cm³/mol. The average molecular weight is 271 g/mol. The summed E-state index contributed by atoms with van der Waals surface area (Å²) >= 11 is 1.50. The summed E-state index contributed by atoms with van der Waals surface area (Å²) in [5, 5.41) is 13.1. The largest absolute Gasteiger partial charge is 0.466 e. The van der Waals surface area contributed by atoms with Crippen LogP contribution >= 0.6 is 11.3 Å². The highest BCUT2D eigenvalue weighted by molar-refractivity contribution is 7.13. The molecular formula is C12H21N3O2S. The standard InChI is InChI=1S/C12H21N3O2S/c1-9(2)8-16-5-6-17-12-15-14-11(18-12)7-13-10-3-4-10/h9-10,13H,3-8H2,1-2H3. The fourth-order valence-electron chi connectivity index (χ4n) is 1.39. The van der Waals surface area contributed by atoms with Gasteiger partial charge in [-0.3, -0.25) is 0 Å². The lowest BCUT2D eigenvalue weighted by atomic mass is 10.2. The molecule has 0 aromatic carbocycles. The maximum absolute atomic E-state index is 5.48. The minimum Gasteiger partial charge on any atom is -0.466 e. The van der Waals surface area contributed by atoms with Crippen molar-refractivity contribution < 1.29 is 9.47 Å². The van der Waals surface area contributed by atoms with Gasteiger partial charge in [-0.2, -0.15) is 0 Å². The molecule has 0 aliphatic heterocycles. The van der Waals surface area contributed by atoms with Gasteiger partial charge in [0.1, 0.15) is 11.6 Å². The van der Waals surface area contributed by atoms with E-state index in [9.17, 15) is 0 Å². The lowest BCUT2D eigenvalue weighted by molar-refractivity contribution is 0.0816. The Morgan fingerprint density at radius 2 is 2.17 bits per heavy atom. The molecule has 6 heteroatoms. The Hall–Kier alpha value is -0.720. The van der Waals surface area contributed by atoms with E-state index in [-0.39, 0.29) is 0 Å². The van der Waals surface area contributed by atoms with Crippen LogP contribution in [0.25, 0.3) is 0 Å². The van der Waals surface area contributed by atoms with Gasteiger partial charge >= 0.3 is 0 Å². The van der Waals surface area contributed by atoms with Crippen LogP contribution in [0.5, 0.6) is 5.19 Å². The van der Waals surface area contributed by atoms with Crippen LogP contribution in [-0.2, 0) is 11.3 Å². The van der Waals surface area contributed by atoms with Crippen LogP contribution in [0.2, 0.25) is 0 Å². The molecule has 0 atom stereocenters. The first-order valence-electron chi connectivity index (χ1n) is 6.50. The van der Waals surface area contributed by atoms with Gasteiger partial charge in [-0.15, -0.1) is 10.2 Å². The molecule has 102 valence electrons. The number of nitrogens with one attached hydrogen (secondary N) is 1. The zero-order valence-electron chi connectivity index (χ0n) is 11.0. The van der Waals surface area contributed by atoms with E-state index in [0.29, 0.717) is 30.4 Å². The first kappa shape index (κ1) is 13.7. The second kappa shape index (κ2) is 7.01. The Morgan fingerprint density at radius 3 is 2.89 bits per heavy atom. The number of rotatable bonds is 9. The van der Waals surface area contributed by atoms with Gasteiger partial charge in [0.05, 0.1) is 13.2 Å². The summed E-state index contributed by atoms with van der Waals surface area (Å²) in [6.07, 6.45) is 2.57. The SMILES string of the molecule is CC(C)COCCOc1nnc(CNC2CC2)s1. The Bertz CT molecular complexity index is 353. The number of nitrogens with zero attached hydrogens (tertiary/aromatic N) is 2. The van der Waals surface area contributed by atoms with Crippen LogP contribution in [0, 0.1) is 5.92 Å². The lowest BCUT2D eigenvalue weighted by Crippen LogP contribution is -2.14. The summed E-state index contributed by atoms with van der Waals surface area (Å²) in [5.41, 5.74) is 0. The van der Waals surface area contributed by atoms with Crippen molar-refractivity contribution in [3.05, 3.63) is 5.01 Å². The van der Waals surface area contributed by atoms with E-state index in [1.165, 1.54) is 24.2 Å². The van der Waals surface area contributed by atoms with Crippen LogP contribution in [0.1, 0.15) is 31.7 Å². The van der Waals surface area contributed by atoms with Gasteiger partial charge in [-0.05, 0) is 18.8 Å². The van der Waals surface area contributed by atoms with Gasteiger partial charge in [0.2, 0.25) is 0 Å². The van der Waals surface area contributed by atoms with Crippen molar-refractivity contribution >= 4 is 11.3 Å². The third kappa shape index (κ3) is 5.29. The molecule has 0 saturated heterocycles. The zero-order valence-corrected chi connectivity index (χ0v) is 11.8. The highest BCUT2D eigenvalue weighted by atomic mass is 32.1. The molecule has 1 fully saturated rings. The van der Waals surface area contributed by atoms with E-state index in [1.807, 2.05) is 0 Å². The fraction of sp³-hybridized carbons (Fsp3) is 0.833. The Balaban J connectivity index is 1.57. The maximum Gasteiger partial charge on any atom is 0.294 e. The smallest absolute Gasteiger partial charge is 0.294 e. The van der Waals surface area contributed by atoms with Crippen molar-refractivity contribution in [2.75, 3.05) is 19.8 Å². The Labute approximate surface area is 112 Å². The number of hydrogen-bond acceptors (Lipinski definition) is 6. The third-order valence-corrected chi connectivity index (χ3v) is 3.31. The molecule has 1 aliphatic carbocycles. The van der Waals surface area contributed by atoms with Gasteiger partial charge in [0, 0.05) is 12.6 Å². The molecule has 0 spiro atoms.